The average Bonchev–Trinajstić information content (AvgIpc) is 3.86. The van der Waals surface area contributed by atoms with Gasteiger partial charge in [0.15, 0.2) is 0 Å². The largest absolute Gasteiger partial charge is 0.301 e. The van der Waals surface area contributed by atoms with Crippen LogP contribution in [0, 0.1) is 0 Å². The van der Waals surface area contributed by atoms with Crippen LogP contribution in [0.5, 0.6) is 0 Å². The summed E-state index contributed by atoms with van der Waals surface area (Å²) >= 11 is 3.49. The molecule has 4 heterocycles. The smallest absolute Gasteiger partial charge is 0.109 e. The van der Waals surface area contributed by atoms with E-state index in [9.17, 15) is 0 Å². The number of aromatic nitrogens is 4. The summed E-state index contributed by atoms with van der Waals surface area (Å²) in [6, 6.07) is 59.5. The third-order valence-electron chi connectivity index (χ3n) is 10.5. The molecule has 0 aliphatic rings. The first kappa shape index (κ1) is 34.0. The molecule has 0 amide bonds. The predicted octanol–water partition coefficient (Wildman–Crippen LogP) is 14.3. The van der Waals surface area contributed by atoms with Gasteiger partial charge >= 0.3 is 0 Å². The first-order valence-corrected chi connectivity index (χ1v) is 20.7. The highest BCUT2D eigenvalue weighted by Gasteiger charge is 2.29. The number of hydrogen-bond donors (Lipinski definition) is 0. The summed E-state index contributed by atoms with van der Waals surface area (Å²) in [5, 5.41) is 6.75. The van der Waals surface area contributed by atoms with Crippen LogP contribution in [0.15, 0.2) is 195 Å². The quantitative estimate of drug-likeness (QED) is 0.143. The molecule has 0 N–H and O–H groups in total. The molecular formula is C50H32N6S2. The van der Waals surface area contributed by atoms with Gasteiger partial charge in [-0.1, -0.05) is 121 Å². The summed E-state index contributed by atoms with van der Waals surface area (Å²) in [5.41, 5.74) is 9.34. The van der Waals surface area contributed by atoms with E-state index < -0.39 is 0 Å². The van der Waals surface area contributed by atoms with E-state index in [1.54, 1.807) is 47.5 Å². The highest BCUT2D eigenvalue weighted by atomic mass is 32.1. The first-order chi connectivity index (χ1) is 28.8. The number of thiophene rings is 2. The fourth-order valence-electron chi connectivity index (χ4n) is 7.99. The molecule has 6 nitrogen and oxygen atoms in total. The van der Waals surface area contributed by atoms with Crippen molar-refractivity contribution in [1.29, 1.82) is 0 Å². The molecule has 7 aromatic carbocycles. The zero-order valence-corrected chi connectivity index (χ0v) is 32.6. The molecule has 0 bridgehead atoms. The van der Waals surface area contributed by atoms with Crippen molar-refractivity contribution in [2.75, 3.05) is 9.80 Å². The van der Waals surface area contributed by atoms with E-state index in [-0.39, 0.29) is 0 Å². The molecule has 0 spiro atoms. The molecule has 0 saturated carbocycles. The van der Waals surface area contributed by atoms with Crippen molar-refractivity contribution >= 4 is 99.0 Å². The molecule has 8 heteroatoms. The van der Waals surface area contributed by atoms with Crippen LogP contribution in [-0.2, 0) is 0 Å². The number of para-hydroxylation sites is 4. The Morgan fingerprint density at radius 1 is 0.293 bits per heavy atom. The van der Waals surface area contributed by atoms with E-state index in [4.69, 9.17) is 19.9 Å². The lowest BCUT2D eigenvalue weighted by Crippen LogP contribution is -2.08. The molecular weight excluding hydrogens is 749 g/mol. The molecule has 11 rings (SSSR count). The lowest BCUT2D eigenvalue weighted by molar-refractivity contribution is 1.27. The number of fused-ring (bicyclic) bond motifs is 4. The third kappa shape index (κ3) is 5.61. The maximum Gasteiger partial charge on any atom is 0.109 e. The van der Waals surface area contributed by atoms with Crippen LogP contribution in [0.4, 0.5) is 32.8 Å². The van der Waals surface area contributed by atoms with Crippen LogP contribution >= 0.6 is 22.7 Å². The Balaban J connectivity index is 1.20. The maximum absolute atomic E-state index is 5.15. The lowest BCUT2D eigenvalue weighted by Gasteiger charge is -2.24. The van der Waals surface area contributed by atoms with Crippen LogP contribution in [0.25, 0.3) is 64.5 Å². The monoisotopic (exact) mass is 780 g/mol. The van der Waals surface area contributed by atoms with Crippen LogP contribution in [-0.4, -0.2) is 19.9 Å². The minimum atomic E-state index is 0.789. The van der Waals surface area contributed by atoms with Crippen molar-refractivity contribution in [3.63, 3.8) is 0 Å². The van der Waals surface area contributed by atoms with Gasteiger partial charge in [0, 0.05) is 90.0 Å². The second-order valence-corrected chi connectivity index (χ2v) is 15.8. The van der Waals surface area contributed by atoms with Gasteiger partial charge < -0.3 is 9.80 Å². The van der Waals surface area contributed by atoms with Gasteiger partial charge in [-0.05, 0) is 48.5 Å². The van der Waals surface area contributed by atoms with E-state index in [1.165, 1.54) is 0 Å². The molecule has 0 atom stereocenters. The molecule has 0 saturated heterocycles. The topological polar surface area (TPSA) is 58.0 Å². The van der Waals surface area contributed by atoms with Gasteiger partial charge in [0.25, 0.3) is 0 Å². The van der Waals surface area contributed by atoms with Gasteiger partial charge in [0.2, 0.25) is 0 Å². The van der Waals surface area contributed by atoms with E-state index >= 15 is 0 Å². The highest BCUT2D eigenvalue weighted by Crippen LogP contribution is 2.55. The Morgan fingerprint density at radius 3 is 0.845 bits per heavy atom. The zero-order valence-electron chi connectivity index (χ0n) is 31.0. The van der Waals surface area contributed by atoms with Gasteiger partial charge in [0.05, 0.1) is 0 Å². The Bertz CT molecular complexity index is 2890. The number of anilines is 6. The number of benzene rings is 7. The summed E-state index contributed by atoms with van der Waals surface area (Å²) in [4.78, 5) is 27.4. The van der Waals surface area contributed by atoms with E-state index in [2.05, 4.69) is 180 Å². The molecule has 0 fully saturated rings. The second-order valence-electron chi connectivity index (χ2n) is 13.8. The summed E-state index contributed by atoms with van der Waals surface area (Å²) in [6.07, 6.45) is 7.16. The molecule has 0 aliphatic heterocycles. The van der Waals surface area contributed by atoms with Crippen molar-refractivity contribution in [1.82, 2.24) is 19.9 Å². The van der Waals surface area contributed by atoms with E-state index in [0.717, 1.165) is 97.2 Å². The van der Waals surface area contributed by atoms with Crippen LogP contribution in [0.3, 0.4) is 0 Å². The Kier molecular flexibility index (Phi) is 8.42. The number of rotatable bonds is 8. The van der Waals surface area contributed by atoms with Crippen molar-refractivity contribution in [3.05, 3.63) is 195 Å². The normalized spacial score (nSPS) is 11.4. The summed E-state index contributed by atoms with van der Waals surface area (Å²) in [6.45, 7) is 0. The lowest BCUT2D eigenvalue weighted by atomic mass is 9.98. The Labute approximate surface area is 342 Å². The number of nitrogens with zero attached hydrogens (tertiary/aromatic N) is 6. The van der Waals surface area contributed by atoms with Gasteiger partial charge in [-0.2, -0.15) is 0 Å². The Morgan fingerprint density at radius 2 is 0.552 bits per heavy atom. The minimum absolute atomic E-state index is 0.789. The van der Waals surface area contributed by atoms with E-state index in [0.29, 0.717) is 0 Å². The molecule has 0 radical (unpaired) electrons. The molecule has 4 aromatic heterocycles. The molecule has 11 aromatic rings. The first-order valence-electron chi connectivity index (χ1n) is 19.0. The minimum Gasteiger partial charge on any atom is -0.301 e. The van der Waals surface area contributed by atoms with Gasteiger partial charge in [-0.25, -0.2) is 0 Å². The van der Waals surface area contributed by atoms with Crippen LogP contribution in [0.2, 0.25) is 0 Å². The van der Waals surface area contributed by atoms with Gasteiger partial charge in [0.1, 0.15) is 32.1 Å². The Hall–Kier alpha value is -7.26. The van der Waals surface area contributed by atoms with Crippen molar-refractivity contribution in [2.24, 2.45) is 0 Å². The second kappa shape index (κ2) is 14.4. The van der Waals surface area contributed by atoms with Crippen LogP contribution < -0.4 is 9.80 Å². The zero-order chi connectivity index (χ0) is 38.4. The molecule has 0 aliphatic carbocycles. The standard InChI is InChI=1S/C50H32N6S2/c1-5-17-33(18-6-1)55(34-19-7-2-8-20-34)49-39-27-15-13-25-37(39)47(57-49)41-43-45(53-31-29-51-43)42(46-44(41)52-30-32-54-46)48-38-26-14-16-28-40(38)50(58-48)56(35-21-9-3-10-22-35)36-23-11-4-12-24-36/h1-32H. The number of hydrogen-bond acceptors (Lipinski definition) is 8. The molecule has 58 heavy (non-hydrogen) atoms. The van der Waals surface area contributed by atoms with Crippen molar-refractivity contribution in [2.45, 2.75) is 0 Å². The molecule has 0 unspecified atom stereocenters. The van der Waals surface area contributed by atoms with Crippen molar-refractivity contribution < 1.29 is 0 Å². The van der Waals surface area contributed by atoms with Crippen LogP contribution in [0.1, 0.15) is 0 Å². The summed E-state index contributed by atoms with van der Waals surface area (Å²) < 4.78 is 0. The van der Waals surface area contributed by atoms with E-state index in [1.807, 2.05) is 0 Å². The third-order valence-corrected chi connectivity index (χ3v) is 12.9. The van der Waals surface area contributed by atoms with Crippen molar-refractivity contribution in [3.8, 4) is 20.9 Å². The fourth-order valence-corrected chi connectivity index (χ4v) is 10.7. The van der Waals surface area contributed by atoms with Gasteiger partial charge in [-0.15, -0.1) is 22.7 Å². The summed E-state index contributed by atoms with van der Waals surface area (Å²) in [7, 11) is 0. The summed E-state index contributed by atoms with van der Waals surface area (Å²) in [5.74, 6) is 0. The predicted molar refractivity (Wildman–Crippen MR) is 244 cm³/mol. The van der Waals surface area contributed by atoms with Gasteiger partial charge in [-0.3, -0.25) is 19.9 Å². The fraction of sp³-hybridized carbons (Fsp3) is 0. The SMILES string of the molecule is c1ccc(N(c2ccccc2)c2sc(-c3c4nccnc4c(-c4sc(N(c5ccccc5)c5ccccc5)c5ccccc45)c4nccnc34)c3ccccc23)cc1. The molecule has 274 valence electrons. The maximum atomic E-state index is 5.15. The average molecular weight is 781 g/mol. The highest BCUT2D eigenvalue weighted by molar-refractivity contribution is 7.22.